The molecule has 140 valence electrons. The zero-order chi connectivity index (χ0) is 19.1. The quantitative estimate of drug-likeness (QED) is 0.437. The molecule has 0 aliphatic heterocycles. The number of carbonyl (C=O) groups excluding carboxylic acids is 2. The molecule has 3 aromatic rings. The fourth-order valence-electron chi connectivity index (χ4n) is 2.36. The van der Waals surface area contributed by atoms with Crippen LogP contribution in [0.25, 0.3) is 0 Å². The SMILES string of the molecule is CC(=O)c1ccc(NC(=O)CCSc2nnnn2CCc2cccs2)cc1. The Kier molecular flexibility index (Phi) is 6.72. The summed E-state index contributed by atoms with van der Waals surface area (Å²) in [5, 5.41) is 17.4. The van der Waals surface area contributed by atoms with Crippen LogP contribution in [0.3, 0.4) is 0 Å². The van der Waals surface area contributed by atoms with E-state index >= 15 is 0 Å². The number of nitrogens with one attached hydrogen (secondary N) is 1. The summed E-state index contributed by atoms with van der Waals surface area (Å²) in [6.07, 6.45) is 1.23. The number of Topliss-reactive ketones (excluding diaryl/α,β-unsaturated/α-hetero) is 1. The Labute approximate surface area is 165 Å². The number of hydrogen-bond donors (Lipinski definition) is 1. The predicted octanol–water partition coefficient (Wildman–Crippen LogP) is 3.30. The van der Waals surface area contributed by atoms with E-state index in [2.05, 4.69) is 32.3 Å². The molecule has 2 aromatic heterocycles. The van der Waals surface area contributed by atoms with Gasteiger partial charge in [0.1, 0.15) is 0 Å². The molecule has 0 radical (unpaired) electrons. The Morgan fingerprint density at radius 3 is 2.74 bits per heavy atom. The van der Waals surface area contributed by atoms with Crippen molar-refractivity contribution >= 4 is 40.5 Å². The molecule has 3 rings (SSSR count). The predicted molar refractivity (Wildman–Crippen MR) is 106 cm³/mol. The lowest BCUT2D eigenvalue weighted by molar-refractivity contribution is -0.115. The molecule has 1 aromatic carbocycles. The van der Waals surface area contributed by atoms with E-state index in [4.69, 9.17) is 0 Å². The van der Waals surface area contributed by atoms with Crippen molar-refractivity contribution in [3.63, 3.8) is 0 Å². The van der Waals surface area contributed by atoms with E-state index in [1.165, 1.54) is 23.6 Å². The van der Waals surface area contributed by atoms with E-state index in [-0.39, 0.29) is 11.7 Å². The summed E-state index contributed by atoms with van der Waals surface area (Å²) in [6, 6.07) is 11.0. The molecule has 2 heterocycles. The summed E-state index contributed by atoms with van der Waals surface area (Å²) < 4.78 is 1.77. The van der Waals surface area contributed by atoms with Gasteiger partial charge >= 0.3 is 0 Å². The summed E-state index contributed by atoms with van der Waals surface area (Å²) in [6.45, 7) is 2.23. The molecular formula is C18H19N5O2S2. The second-order valence-corrected chi connectivity index (χ2v) is 7.89. The normalized spacial score (nSPS) is 10.7. The molecule has 0 saturated carbocycles. The molecule has 0 bridgehead atoms. The molecular weight excluding hydrogens is 382 g/mol. The third kappa shape index (κ3) is 5.73. The minimum absolute atomic E-state index is 0.000996. The van der Waals surface area contributed by atoms with Gasteiger partial charge in [0.2, 0.25) is 11.1 Å². The Balaban J connectivity index is 1.43. The molecule has 0 aliphatic carbocycles. The van der Waals surface area contributed by atoms with Gasteiger partial charge in [0.15, 0.2) is 5.78 Å². The number of aromatic nitrogens is 4. The number of anilines is 1. The number of benzene rings is 1. The number of amides is 1. The molecule has 27 heavy (non-hydrogen) atoms. The van der Waals surface area contributed by atoms with E-state index in [1.807, 2.05) is 6.07 Å². The summed E-state index contributed by atoms with van der Waals surface area (Å²) in [4.78, 5) is 24.6. The highest BCUT2D eigenvalue weighted by Gasteiger charge is 2.09. The number of tetrazole rings is 1. The highest BCUT2D eigenvalue weighted by atomic mass is 32.2. The zero-order valence-electron chi connectivity index (χ0n) is 14.8. The van der Waals surface area contributed by atoms with Gasteiger partial charge in [-0.05, 0) is 53.1 Å². The Hall–Kier alpha value is -2.52. The topological polar surface area (TPSA) is 89.8 Å². The average molecular weight is 402 g/mol. The molecule has 7 nitrogen and oxygen atoms in total. The maximum atomic E-state index is 12.1. The van der Waals surface area contributed by atoms with Crippen molar-refractivity contribution in [2.24, 2.45) is 0 Å². The van der Waals surface area contributed by atoms with Crippen molar-refractivity contribution in [1.29, 1.82) is 0 Å². The van der Waals surface area contributed by atoms with Crippen LogP contribution in [-0.2, 0) is 17.8 Å². The van der Waals surface area contributed by atoms with Gasteiger partial charge in [-0.2, -0.15) is 0 Å². The van der Waals surface area contributed by atoms with Gasteiger partial charge in [-0.3, -0.25) is 9.59 Å². The largest absolute Gasteiger partial charge is 0.326 e. The number of nitrogens with zero attached hydrogens (tertiary/aromatic N) is 4. The van der Waals surface area contributed by atoms with Crippen LogP contribution in [0.1, 0.15) is 28.6 Å². The lowest BCUT2D eigenvalue weighted by Gasteiger charge is -2.06. The van der Waals surface area contributed by atoms with Crippen molar-refractivity contribution < 1.29 is 9.59 Å². The van der Waals surface area contributed by atoms with Gasteiger partial charge in [-0.15, -0.1) is 16.4 Å². The van der Waals surface area contributed by atoms with Gasteiger partial charge in [0, 0.05) is 34.7 Å². The smallest absolute Gasteiger partial charge is 0.225 e. The van der Waals surface area contributed by atoms with Gasteiger partial charge in [-0.1, -0.05) is 17.8 Å². The Morgan fingerprint density at radius 2 is 2.04 bits per heavy atom. The van der Waals surface area contributed by atoms with Crippen LogP contribution in [0.5, 0.6) is 0 Å². The number of ketones is 1. The van der Waals surface area contributed by atoms with Crippen molar-refractivity contribution in [3.8, 4) is 0 Å². The first kappa shape index (κ1) is 19.2. The first-order valence-electron chi connectivity index (χ1n) is 8.44. The second-order valence-electron chi connectivity index (χ2n) is 5.79. The number of thiophene rings is 1. The number of carbonyl (C=O) groups is 2. The molecule has 0 spiro atoms. The summed E-state index contributed by atoms with van der Waals surface area (Å²) >= 11 is 3.18. The van der Waals surface area contributed by atoms with Crippen molar-refractivity contribution in [3.05, 3.63) is 52.2 Å². The van der Waals surface area contributed by atoms with Crippen LogP contribution >= 0.6 is 23.1 Å². The Bertz CT molecular complexity index is 891. The molecule has 0 unspecified atom stereocenters. The highest BCUT2D eigenvalue weighted by molar-refractivity contribution is 7.99. The summed E-state index contributed by atoms with van der Waals surface area (Å²) in [5.41, 5.74) is 1.30. The summed E-state index contributed by atoms with van der Waals surface area (Å²) in [7, 11) is 0. The van der Waals surface area contributed by atoms with Crippen LogP contribution in [0.2, 0.25) is 0 Å². The van der Waals surface area contributed by atoms with E-state index < -0.39 is 0 Å². The fraction of sp³-hybridized carbons (Fsp3) is 0.278. The molecule has 0 saturated heterocycles. The molecule has 9 heteroatoms. The van der Waals surface area contributed by atoms with E-state index in [1.54, 1.807) is 40.3 Å². The maximum absolute atomic E-state index is 12.1. The van der Waals surface area contributed by atoms with Gasteiger partial charge in [-0.25, -0.2) is 4.68 Å². The van der Waals surface area contributed by atoms with Gasteiger partial charge in [0.05, 0.1) is 6.54 Å². The fourth-order valence-corrected chi connectivity index (χ4v) is 3.90. The highest BCUT2D eigenvalue weighted by Crippen LogP contribution is 2.17. The van der Waals surface area contributed by atoms with Gasteiger partial charge < -0.3 is 5.32 Å². The first-order valence-corrected chi connectivity index (χ1v) is 10.3. The van der Waals surface area contributed by atoms with Crippen LogP contribution in [0.15, 0.2) is 46.9 Å². The lowest BCUT2D eigenvalue weighted by atomic mass is 10.1. The number of rotatable bonds is 9. The van der Waals surface area contributed by atoms with Crippen LogP contribution in [0.4, 0.5) is 5.69 Å². The van der Waals surface area contributed by atoms with E-state index in [0.717, 1.165) is 6.42 Å². The lowest BCUT2D eigenvalue weighted by Crippen LogP contribution is -2.12. The van der Waals surface area contributed by atoms with Crippen molar-refractivity contribution in [2.75, 3.05) is 11.1 Å². The first-order chi connectivity index (χ1) is 13.1. The van der Waals surface area contributed by atoms with Crippen LogP contribution in [0, 0.1) is 0 Å². The number of hydrogen-bond acceptors (Lipinski definition) is 7. The van der Waals surface area contributed by atoms with E-state index in [9.17, 15) is 9.59 Å². The third-order valence-corrected chi connectivity index (χ3v) is 5.68. The molecule has 0 fully saturated rings. The maximum Gasteiger partial charge on any atom is 0.225 e. The summed E-state index contributed by atoms with van der Waals surface area (Å²) in [5.74, 6) is 0.494. The minimum Gasteiger partial charge on any atom is -0.326 e. The zero-order valence-corrected chi connectivity index (χ0v) is 16.4. The number of aryl methyl sites for hydroxylation is 2. The van der Waals surface area contributed by atoms with E-state index in [0.29, 0.717) is 35.1 Å². The average Bonchev–Trinajstić information content (AvgIpc) is 3.32. The van der Waals surface area contributed by atoms with Crippen molar-refractivity contribution in [2.45, 2.75) is 31.5 Å². The van der Waals surface area contributed by atoms with Crippen LogP contribution < -0.4 is 5.32 Å². The third-order valence-electron chi connectivity index (χ3n) is 3.78. The standard InChI is InChI=1S/C18H19N5O2S2/c1-13(24)14-4-6-15(7-5-14)19-17(25)9-12-27-18-20-21-22-23(18)10-8-16-3-2-11-26-16/h2-7,11H,8-10,12H2,1H3,(H,19,25). The minimum atomic E-state index is -0.0873. The number of thioether (sulfide) groups is 1. The van der Waals surface area contributed by atoms with Crippen molar-refractivity contribution in [1.82, 2.24) is 20.2 Å². The second kappa shape index (κ2) is 9.43. The van der Waals surface area contributed by atoms with Gasteiger partial charge in [0.25, 0.3) is 0 Å². The van der Waals surface area contributed by atoms with Crippen LogP contribution in [-0.4, -0.2) is 37.7 Å². The molecule has 1 amide bonds. The molecule has 0 atom stereocenters. The monoisotopic (exact) mass is 401 g/mol. The molecule has 0 aliphatic rings. The molecule has 1 N–H and O–H groups in total. The Morgan fingerprint density at radius 1 is 1.22 bits per heavy atom.